The summed E-state index contributed by atoms with van der Waals surface area (Å²) in [6.45, 7) is 9.00. The number of benzene rings is 1. The summed E-state index contributed by atoms with van der Waals surface area (Å²) in [5.41, 5.74) is -1.88. The van der Waals surface area contributed by atoms with E-state index < -0.39 is 40.3 Å². The monoisotopic (exact) mass is 449 g/mol. The van der Waals surface area contributed by atoms with Gasteiger partial charge in [-0.25, -0.2) is 22.9 Å². The van der Waals surface area contributed by atoms with Gasteiger partial charge in [-0.05, 0) is 40.2 Å². The predicted molar refractivity (Wildman–Crippen MR) is 111 cm³/mol. The maximum atomic E-state index is 13.9. The first-order chi connectivity index (χ1) is 14.9. The Hall–Kier alpha value is -3.43. The number of allylic oxidation sites excluding steroid dienone is 2. The Morgan fingerprint density at radius 3 is 2.19 bits per heavy atom. The summed E-state index contributed by atoms with van der Waals surface area (Å²) in [6.07, 6.45) is -0.320. The van der Waals surface area contributed by atoms with Crippen molar-refractivity contribution in [3.05, 3.63) is 62.5 Å². The maximum absolute atomic E-state index is 13.9. The summed E-state index contributed by atoms with van der Waals surface area (Å²) in [5, 5.41) is 2.15. The molecule has 0 saturated heterocycles. The van der Waals surface area contributed by atoms with Crippen LogP contribution in [0.5, 0.6) is 0 Å². The van der Waals surface area contributed by atoms with Crippen LogP contribution in [0.1, 0.15) is 56.2 Å². The number of hydrogen-bond donors (Lipinski definition) is 1. The molecule has 1 heterocycles. The van der Waals surface area contributed by atoms with Gasteiger partial charge in [0.15, 0.2) is 5.78 Å². The Morgan fingerprint density at radius 2 is 1.66 bits per heavy atom. The molecular weight excluding hydrogens is 427 g/mol. The highest BCUT2D eigenvalue weighted by Crippen LogP contribution is 2.28. The Kier molecular flexibility index (Phi) is 6.25. The van der Waals surface area contributed by atoms with Gasteiger partial charge in [0, 0.05) is 24.2 Å². The van der Waals surface area contributed by atoms with Crippen molar-refractivity contribution in [1.29, 1.82) is 0 Å². The lowest BCUT2D eigenvalue weighted by Crippen LogP contribution is -2.39. The van der Waals surface area contributed by atoms with Crippen LogP contribution in [0.15, 0.2) is 27.0 Å². The number of aromatic nitrogens is 1. The van der Waals surface area contributed by atoms with Gasteiger partial charge >= 0.3 is 11.6 Å². The molecule has 1 aliphatic rings. The van der Waals surface area contributed by atoms with Gasteiger partial charge in [-0.1, -0.05) is 0 Å². The molecule has 3 rings (SSSR count). The number of carbonyl (C=O) groups excluding carboxylic acids is 2. The fraction of sp³-hybridized carbons (Fsp3) is 0.364. The number of Topliss-reactive ketones (excluding diaryl/α,β-unsaturated/α-hetero) is 1. The minimum atomic E-state index is -1.42. The van der Waals surface area contributed by atoms with E-state index >= 15 is 0 Å². The first-order valence-corrected chi connectivity index (χ1v) is 9.95. The van der Waals surface area contributed by atoms with E-state index in [0.717, 1.165) is 0 Å². The lowest BCUT2D eigenvalue weighted by molar-refractivity contribution is -0.115. The number of nitrogens with one attached hydrogen (secondary N) is 1. The quantitative estimate of drug-likeness (QED) is 0.753. The molecule has 0 bridgehead atoms. The molecule has 7 nitrogen and oxygen atoms in total. The van der Waals surface area contributed by atoms with Crippen LogP contribution in [-0.2, 0) is 11.2 Å². The predicted octanol–water partition coefficient (Wildman–Crippen LogP) is 3.36. The van der Waals surface area contributed by atoms with Crippen LogP contribution >= 0.6 is 0 Å². The standard InChI is InChI=1S/C22H22F3N3O4/c1-9(2)28(10(3)4)22-26-15-8-16(29)19(11(5)17(15)21(31)32-22)27-20(30)18-13(24)6-12(23)7-14(18)25/h6-7,9-10H,8H2,1-5H3,(H,27,30). The van der Waals surface area contributed by atoms with Crippen molar-refractivity contribution >= 4 is 23.3 Å². The molecule has 0 aliphatic heterocycles. The molecule has 0 spiro atoms. The number of amides is 1. The van der Waals surface area contributed by atoms with Crippen LogP contribution in [0.25, 0.3) is 5.57 Å². The summed E-state index contributed by atoms with van der Waals surface area (Å²) in [7, 11) is 0. The summed E-state index contributed by atoms with van der Waals surface area (Å²) in [4.78, 5) is 44.0. The Labute approximate surface area is 181 Å². The third kappa shape index (κ3) is 4.17. The molecule has 1 N–H and O–H groups in total. The van der Waals surface area contributed by atoms with Crippen molar-refractivity contribution in [2.24, 2.45) is 0 Å². The zero-order valence-electron chi connectivity index (χ0n) is 18.2. The fourth-order valence-electron chi connectivity index (χ4n) is 3.77. The Balaban J connectivity index is 2.05. The fourth-order valence-corrected chi connectivity index (χ4v) is 3.77. The maximum Gasteiger partial charge on any atom is 0.348 e. The van der Waals surface area contributed by atoms with Crippen molar-refractivity contribution in [2.75, 3.05) is 4.90 Å². The third-order valence-corrected chi connectivity index (χ3v) is 5.07. The van der Waals surface area contributed by atoms with Crippen molar-refractivity contribution < 1.29 is 27.2 Å². The van der Waals surface area contributed by atoms with E-state index in [-0.39, 0.29) is 47.0 Å². The summed E-state index contributed by atoms with van der Waals surface area (Å²) in [5.74, 6) is -5.92. The molecule has 1 aliphatic carbocycles. The Bertz CT molecular complexity index is 1170. The van der Waals surface area contributed by atoms with Crippen molar-refractivity contribution in [3.8, 4) is 0 Å². The highest BCUT2D eigenvalue weighted by Gasteiger charge is 2.32. The second-order valence-corrected chi connectivity index (χ2v) is 8.00. The molecule has 0 saturated carbocycles. The van der Waals surface area contributed by atoms with E-state index in [0.29, 0.717) is 12.1 Å². The molecule has 10 heteroatoms. The molecule has 0 fully saturated rings. The van der Waals surface area contributed by atoms with Crippen LogP contribution in [0.4, 0.5) is 19.2 Å². The van der Waals surface area contributed by atoms with Crippen molar-refractivity contribution in [1.82, 2.24) is 10.3 Å². The second kappa shape index (κ2) is 8.60. The number of fused-ring (bicyclic) bond motifs is 1. The molecule has 0 radical (unpaired) electrons. The van der Waals surface area contributed by atoms with Crippen LogP contribution in [0.3, 0.4) is 0 Å². The van der Waals surface area contributed by atoms with Crippen molar-refractivity contribution in [3.63, 3.8) is 0 Å². The number of carbonyl (C=O) groups is 2. The molecule has 0 atom stereocenters. The average molecular weight is 449 g/mol. The van der Waals surface area contributed by atoms with E-state index in [2.05, 4.69) is 10.3 Å². The van der Waals surface area contributed by atoms with Crippen LogP contribution in [-0.4, -0.2) is 28.8 Å². The normalized spacial score (nSPS) is 13.6. The van der Waals surface area contributed by atoms with Gasteiger partial charge in [-0.3, -0.25) is 9.59 Å². The van der Waals surface area contributed by atoms with Gasteiger partial charge in [-0.2, -0.15) is 0 Å². The molecular formula is C22H22F3N3O4. The minimum absolute atomic E-state index is 0.00355. The van der Waals surface area contributed by atoms with Crippen molar-refractivity contribution in [2.45, 2.75) is 53.1 Å². The van der Waals surface area contributed by atoms with E-state index in [1.165, 1.54) is 6.92 Å². The van der Waals surface area contributed by atoms with Gasteiger partial charge in [0.2, 0.25) is 0 Å². The molecule has 0 unspecified atom stereocenters. The van der Waals surface area contributed by atoms with Gasteiger partial charge in [0.25, 0.3) is 5.91 Å². The first kappa shape index (κ1) is 23.2. The smallest absolute Gasteiger partial charge is 0.348 e. The largest absolute Gasteiger partial charge is 0.389 e. The first-order valence-electron chi connectivity index (χ1n) is 9.95. The number of rotatable bonds is 5. The highest BCUT2D eigenvalue weighted by molar-refractivity contribution is 6.10. The van der Waals surface area contributed by atoms with E-state index in [1.807, 2.05) is 27.7 Å². The van der Waals surface area contributed by atoms with E-state index in [4.69, 9.17) is 4.42 Å². The lowest BCUT2D eigenvalue weighted by Gasteiger charge is -2.30. The van der Waals surface area contributed by atoms with Crippen LogP contribution in [0, 0.1) is 17.5 Å². The zero-order chi connectivity index (χ0) is 23.9. The summed E-state index contributed by atoms with van der Waals surface area (Å²) in [6, 6.07) is 0.714. The lowest BCUT2D eigenvalue weighted by atomic mass is 9.93. The number of halogens is 3. The molecule has 170 valence electrons. The third-order valence-electron chi connectivity index (χ3n) is 5.07. The number of nitrogens with zero attached hydrogens (tertiary/aromatic N) is 2. The number of anilines is 1. The minimum Gasteiger partial charge on any atom is -0.389 e. The number of ketones is 1. The SMILES string of the molecule is CC1=C(NC(=O)c2c(F)cc(F)cc2F)C(=O)Cc2nc(N(C(C)C)C(C)C)oc(=O)c21. The van der Waals surface area contributed by atoms with Gasteiger partial charge in [0.1, 0.15) is 23.0 Å². The second-order valence-electron chi connectivity index (χ2n) is 8.00. The van der Waals surface area contributed by atoms with Crippen LogP contribution < -0.4 is 15.8 Å². The van der Waals surface area contributed by atoms with Gasteiger partial charge in [0.05, 0.1) is 23.4 Å². The molecule has 1 aromatic heterocycles. The van der Waals surface area contributed by atoms with Gasteiger partial charge < -0.3 is 14.6 Å². The molecule has 2 aromatic rings. The molecule has 32 heavy (non-hydrogen) atoms. The molecule has 1 amide bonds. The molecule has 1 aromatic carbocycles. The summed E-state index contributed by atoms with van der Waals surface area (Å²) >= 11 is 0. The highest BCUT2D eigenvalue weighted by atomic mass is 19.1. The topological polar surface area (TPSA) is 92.5 Å². The summed E-state index contributed by atoms with van der Waals surface area (Å²) < 4.78 is 46.4. The van der Waals surface area contributed by atoms with E-state index in [9.17, 15) is 27.6 Å². The van der Waals surface area contributed by atoms with E-state index in [1.54, 1.807) is 4.90 Å². The van der Waals surface area contributed by atoms with Crippen LogP contribution in [0.2, 0.25) is 0 Å². The number of hydrogen-bond acceptors (Lipinski definition) is 6. The Morgan fingerprint density at radius 1 is 1.09 bits per heavy atom. The zero-order valence-corrected chi connectivity index (χ0v) is 18.2. The van der Waals surface area contributed by atoms with Gasteiger partial charge in [-0.15, -0.1) is 0 Å². The average Bonchev–Trinajstić information content (AvgIpc) is 2.63.